The fourth-order valence-corrected chi connectivity index (χ4v) is 3.14. The van der Waals surface area contributed by atoms with Gasteiger partial charge in [0, 0.05) is 45.3 Å². The Balaban J connectivity index is 1.35. The Hall–Kier alpha value is -2.40. The molecule has 1 amide bonds. The summed E-state index contributed by atoms with van der Waals surface area (Å²) >= 11 is 0. The average Bonchev–Trinajstić information content (AvgIpc) is 2.68. The van der Waals surface area contributed by atoms with Crippen molar-refractivity contribution in [2.45, 2.75) is 26.3 Å². The van der Waals surface area contributed by atoms with Crippen LogP contribution in [0.1, 0.15) is 24.1 Å². The molecule has 26 heavy (non-hydrogen) atoms. The van der Waals surface area contributed by atoms with Gasteiger partial charge < -0.3 is 9.64 Å². The third-order valence-corrected chi connectivity index (χ3v) is 4.76. The van der Waals surface area contributed by atoms with E-state index < -0.39 is 0 Å². The number of piperazine rings is 1. The SMILES string of the molecule is Cc1cccnc1CN1CCN(C(=O)CCCOc2ccccc2)CC1. The zero-order chi connectivity index (χ0) is 18.2. The van der Waals surface area contributed by atoms with E-state index in [4.69, 9.17) is 4.74 Å². The molecule has 0 radical (unpaired) electrons. The molecule has 1 aromatic carbocycles. The quantitative estimate of drug-likeness (QED) is 0.718. The highest BCUT2D eigenvalue weighted by Crippen LogP contribution is 2.12. The van der Waals surface area contributed by atoms with Crippen molar-refractivity contribution in [1.82, 2.24) is 14.8 Å². The Labute approximate surface area is 155 Å². The smallest absolute Gasteiger partial charge is 0.222 e. The summed E-state index contributed by atoms with van der Waals surface area (Å²) < 4.78 is 5.65. The molecule has 2 aromatic rings. The van der Waals surface area contributed by atoms with Gasteiger partial charge in [-0.15, -0.1) is 0 Å². The van der Waals surface area contributed by atoms with Crippen molar-refractivity contribution in [3.05, 3.63) is 59.9 Å². The molecule has 5 heteroatoms. The zero-order valence-corrected chi connectivity index (χ0v) is 15.4. The van der Waals surface area contributed by atoms with Crippen LogP contribution >= 0.6 is 0 Å². The van der Waals surface area contributed by atoms with Crippen LogP contribution in [0.15, 0.2) is 48.7 Å². The Kier molecular flexibility index (Phi) is 6.61. The van der Waals surface area contributed by atoms with Crippen molar-refractivity contribution in [3.63, 3.8) is 0 Å². The van der Waals surface area contributed by atoms with Gasteiger partial charge in [-0.1, -0.05) is 24.3 Å². The van der Waals surface area contributed by atoms with Gasteiger partial charge in [-0.2, -0.15) is 0 Å². The lowest BCUT2D eigenvalue weighted by Crippen LogP contribution is -2.48. The van der Waals surface area contributed by atoms with Gasteiger partial charge in [0.15, 0.2) is 0 Å². The zero-order valence-electron chi connectivity index (χ0n) is 15.4. The molecule has 1 fully saturated rings. The van der Waals surface area contributed by atoms with Gasteiger partial charge in [0.05, 0.1) is 12.3 Å². The van der Waals surface area contributed by atoms with E-state index in [0.717, 1.165) is 50.6 Å². The molecule has 0 N–H and O–H groups in total. The summed E-state index contributed by atoms with van der Waals surface area (Å²) in [6.45, 7) is 6.94. The second kappa shape index (κ2) is 9.34. The molecule has 0 unspecified atom stereocenters. The van der Waals surface area contributed by atoms with Crippen molar-refractivity contribution < 1.29 is 9.53 Å². The minimum absolute atomic E-state index is 0.232. The molecule has 3 rings (SSSR count). The summed E-state index contributed by atoms with van der Waals surface area (Å²) in [6.07, 6.45) is 3.15. The number of carbonyl (C=O) groups excluding carboxylic acids is 1. The van der Waals surface area contributed by atoms with Crippen LogP contribution in [-0.4, -0.2) is 53.5 Å². The molecule has 0 aliphatic carbocycles. The van der Waals surface area contributed by atoms with Gasteiger partial charge in [0.2, 0.25) is 5.91 Å². The lowest BCUT2D eigenvalue weighted by Gasteiger charge is -2.34. The fourth-order valence-electron chi connectivity index (χ4n) is 3.14. The second-order valence-electron chi connectivity index (χ2n) is 6.69. The fraction of sp³-hybridized carbons (Fsp3) is 0.429. The summed E-state index contributed by atoms with van der Waals surface area (Å²) in [5.41, 5.74) is 2.36. The van der Waals surface area contributed by atoms with Gasteiger partial charge >= 0.3 is 0 Å². The summed E-state index contributed by atoms with van der Waals surface area (Å²) in [7, 11) is 0. The molecule has 0 bridgehead atoms. The van der Waals surface area contributed by atoms with Gasteiger partial charge in [0.25, 0.3) is 0 Å². The molecule has 1 aromatic heterocycles. The van der Waals surface area contributed by atoms with Crippen molar-refractivity contribution >= 4 is 5.91 Å². The predicted molar refractivity (Wildman–Crippen MR) is 102 cm³/mol. The Morgan fingerprint density at radius 2 is 1.85 bits per heavy atom. The molecule has 5 nitrogen and oxygen atoms in total. The molecule has 0 saturated carbocycles. The lowest BCUT2D eigenvalue weighted by molar-refractivity contribution is -0.133. The molecule has 138 valence electrons. The van der Waals surface area contributed by atoms with E-state index in [0.29, 0.717) is 13.0 Å². The molecule has 0 atom stereocenters. The number of aryl methyl sites for hydroxylation is 1. The van der Waals surface area contributed by atoms with E-state index in [1.807, 2.05) is 47.5 Å². The van der Waals surface area contributed by atoms with E-state index in [9.17, 15) is 4.79 Å². The minimum atomic E-state index is 0.232. The maximum Gasteiger partial charge on any atom is 0.222 e. The topological polar surface area (TPSA) is 45.7 Å². The highest BCUT2D eigenvalue weighted by molar-refractivity contribution is 5.76. The molecule has 0 spiro atoms. The maximum absolute atomic E-state index is 12.4. The second-order valence-corrected chi connectivity index (χ2v) is 6.69. The number of hydrogen-bond acceptors (Lipinski definition) is 4. The van der Waals surface area contributed by atoms with E-state index in [1.54, 1.807) is 0 Å². The first-order valence-electron chi connectivity index (χ1n) is 9.31. The standard InChI is InChI=1S/C21H27N3O2/c1-18-7-5-11-22-20(18)17-23-12-14-24(15-13-23)21(25)10-6-16-26-19-8-3-2-4-9-19/h2-5,7-9,11H,6,10,12-17H2,1H3. The highest BCUT2D eigenvalue weighted by Gasteiger charge is 2.21. The van der Waals surface area contributed by atoms with Crippen molar-refractivity contribution in [3.8, 4) is 5.75 Å². The molecule has 2 heterocycles. The third kappa shape index (κ3) is 5.30. The normalized spacial score (nSPS) is 15.0. The number of carbonyl (C=O) groups is 1. The lowest BCUT2D eigenvalue weighted by atomic mass is 10.2. The molecule has 1 aliphatic rings. The Bertz CT molecular complexity index is 697. The molecule has 1 aliphatic heterocycles. The molecular weight excluding hydrogens is 326 g/mol. The number of nitrogens with zero attached hydrogens (tertiary/aromatic N) is 3. The van der Waals surface area contributed by atoms with E-state index in [1.165, 1.54) is 5.56 Å². The van der Waals surface area contributed by atoms with Crippen molar-refractivity contribution in [2.24, 2.45) is 0 Å². The van der Waals surface area contributed by atoms with Gasteiger partial charge in [-0.25, -0.2) is 0 Å². The number of benzene rings is 1. The number of ether oxygens (including phenoxy) is 1. The van der Waals surface area contributed by atoms with E-state index in [-0.39, 0.29) is 5.91 Å². The summed E-state index contributed by atoms with van der Waals surface area (Å²) in [4.78, 5) is 21.2. The Morgan fingerprint density at radius 3 is 2.58 bits per heavy atom. The first kappa shape index (κ1) is 18.4. The summed E-state index contributed by atoms with van der Waals surface area (Å²) in [5, 5.41) is 0. The van der Waals surface area contributed by atoms with Crippen molar-refractivity contribution in [1.29, 1.82) is 0 Å². The van der Waals surface area contributed by atoms with E-state index >= 15 is 0 Å². The highest BCUT2D eigenvalue weighted by atomic mass is 16.5. The number of pyridine rings is 1. The minimum Gasteiger partial charge on any atom is -0.494 e. The van der Waals surface area contributed by atoms with Crippen LogP contribution in [-0.2, 0) is 11.3 Å². The Morgan fingerprint density at radius 1 is 1.08 bits per heavy atom. The van der Waals surface area contributed by atoms with Crippen molar-refractivity contribution in [2.75, 3.05) is 32.8 Å². The summed E-state index contributed by atoms with van der Waals surface area (Å²) in [6, 6.07) is 13.8. The van der Waals surface area contributed by atoms with Crippen LogP contribution in [0.4, 0.5) is 0 Å². The number of hydrogen-bond donors (Lipinski definition) is 0. The monoisotopic (exact) mass is 353 g/mol. The van der Waals surface area contributed by atoms with Crippen LogP contribution in [0, 0.1) is 6.92 Å². The average molecular weight is 353 g/mol. The number of aromatic nitrogens is 1. The van der Waals surface area contributed by atoms with E-state index in [2.05, 4.69) is 22.9 Å². The first-order chi connectivity index (χ1) is 12.7. The van der Waals surface area contributed by atoms with Gasteiger partial charge in [-0.3, -0.25) is 14.7 Å². The number of rotatable bonds is 7. The third-order valence-electron chi connectivity index (χ3n) is 4.76. The summed E-state index contributed by atoms with van der Waals surface area (Å²) in [5.74, 6) is 1.09. The van der Waals surface area contributed by atoms with Crippen LogP contribution in [0.5, 0.6) is 5.75 Å². The van der Waals surface area contributed by atoms with Crippen LogP contribution in [0.2, 0.25) is 0 Å². The molecular formula is C21H27N3O2. The molecule has 1 saturated heterocycles. The number of para-hydroxylation sites is 1. The van der Waals surface area contributed by atoms with Gasteiger partial charge in [0.1, 0.15) is 5.75 Å². The maximum atomic E-state index is 12.4. The van der Waals surface area contributed by atoms with Crippen LogP contribution in [0.25, 0.3) is 0 Å². The van der Waals surface area contributed by atoms with Gasteiger partial charge in [-0.05, 0) is 37.1 Å². The van der Waals surface area contributed by atoms with Crippen LogP contribution < -0.4 is 4.74 Å². The first-order valence-corrected chi connectivity index (χ1v) is 9.31. The predicted octanol–water partition coefficient (Wildman–Crippen LogP) is 2.89. The van der Waals surface area contributed by atoms with Crippen LogP contribution in [0.3, 0.4) is 0 Å². The number of amides is 1. The largest absolute Gasteiger partial charge is 0.494 e.